The summed E-state index contributed by atoms with van der Waals surface area (Å²) in [5.41, 5.74) is 3.35. The van der Waals surface area contributed by atoms with Crippen molar-refractivity contribution >= 4 is 17.5 Å². The van der Waals surface area contributed by atoms with Gasteiger partial charge in [0, 0.05) is 64.3 Å². The Labute approximate surface area is 223 Å². The van der Waals surface area contributed by atoms with E-state index in [0.717, 1.165) is 63.2 Å². The van der Waals surface area contributed by atoms with Crippen LogP contribution in [0, 0.1) is 5.92 Å². The van der Waals surface area contributed by atoms with E-state index >= 15 is 0 Å². The second-order valence-corrected chi connectivity index (χ2v) is 12.3. The fourth-order valence-corrected chi connectivity index (χ4v) is 7.77. The third-order valence-corrected chi connectivity index (χ3v) is 9.79. The molecule has 5 rings (SSSR count). The minimum Gasteiger partial charge on any atom is -0.332 e. The molecule has 5 atom stereocenters. The SMILES string of the molecule is CN1CCN(CC(=O)N(C)[C@@H](C2CCC(N3CCCC4C3CNC3CC(Cl)NN34)CC2)C(F)(F)F)CC1. The van der Waals surface area contributed by atoms with E-state index in [9.17, 15) is 18.0 Å². The number of hydrogen-bond acceptors (Lipinski definition) is 7. The number of nitrogens with zero attached hydrogens (tertiary/aromatic N) is 5. The highest BCUT2D eigenvalue weighted by Gasteiger charge is 2.51. The Morgan fingerprint density at radius 1 is 1.05 bits per heavy atom. The van der Waals surface area contributed by atoms with E-state index in [4.69, 9.17) is 11.6 Å². The Bertz CT molecular complexity index is 791. The summed E-state index contributed by atoms with van der Waals surface area (Å²) in [6, 6.07) is -0.707. The van der Waals surface area contributed by atoms with Crippen molar-refractivity contribution in [2.75, 3.05) is 59.9 Å². The third-order valence-electron chi connectivity index (χ3n) is 9.52. The van der Waals surface area contributed by atoms with Crippen molar-refractivity contribution < 1.29 is 18.0 Å². The van der Waals surface area contributed by atoms with Gasteiger partial charge in [-0.2, -0.15) is 13.2 Å². The van der Waals surface area contributed by atoms with Crippen LogP contribution in [0.4, 0.5) is 13.2 Å². The number of nitrogens with one attached hydrogen (secondary N) is 2. The minimum atomic E-state index is -4.43. The zero-order chi connectivity index (χ0) is 26.3. The van der Waals surface area contributed by atoms with Gasteiger partial charge in [0.25, 0.3) is 0 Å². The predicted molar refractivity (Wildman–Crippen MR) is 137 cm³/mol. The van der Waals surface area contributed by atoms with Gasteiger partial charge in [-0.05, 0) is 58.0 Å². The molecule has 5 aliphatic rings. The lowest BCUT2D eigenvalue weighted by atomic mass is 9.78. The second-order valence-electron chi connectivity index (χ2n) is 11.8. The summed E-state index contributed by atoms with van der Waals surface area (Å²) in [6.45, 7) is 5.04. The first kappa shape index (κ1) is 27.9. The number of carbonyl (C=O) groups is 1. The number of halogens is 4. The van der Waals surface area contributed by atoms with E-state index in [0.29, 0.717) is 38.0 Å². The van der Waals surface area contributed by atoms with Crippen molar-refractivity contribution in [1.82, 2.24) is 35.4 Å². The molecule has 12 heteroatoms. The van der Waals surface area contributed by atoms with Crippen LogP contribution in [0.1, 0.15) is 44.9 Å². The van der Waals surface area contributed by atoms with Gasteiger partial charge in [0.1, 0.15) is 6.04 Å². The lowest BCUT2D eigenvalue weighted by Gasteiger charge is -2.53. The highest BCUT2D eigenvalue weighted by Crippen LogP contribution is 2.41. The lowest BCUT2D eigenvalue weighted by Crippen LogP contribution is -2.70. The van der Waals surface area contributed by atoms with Crippen molar-refractivity contribution in [1.29, 1.82) is 0 Å². The van der Waals surface area contributed by atoms with E-state index in [1.807, 2.05) is 11.9 Å². The topological polar surface area (TPSA) is 57.3 Å². The molecular weight excluding hydrogens is 507 g/mol. The molecule has 5 fully saturated rings. The predicted octanol–water partition coefficient (Wildman–Crippen LogP) is 1.72. The molecule has 4 saturated heterocycles. The number of carbonyl (C=O) groups excluding carboxylic acids is 1. The quantitative estimate of drug-likeness (QED) is 0.400. The van der Waals surface area contributed by atoms with Crippen LogP contribution in [-0.4, -0.2) is 132 Å². The van der Waals surface area contributed by atoms with Crippen LogP contribution in [0.2, 0.25) is 0 Å². The standard InChI is InChI=1S/C25H43ClF3N7O/c1-32-10-12-34(13-11-32)16-23(37)33(2)24(25(27,28)29)17-5-7-18(8-6-17)35-9-3-4-19-20(35)15-30-22-14-21(26)31-36(19)22/h17-22,24,30-31H,3-16H2,1-2H3/t17?,18?,19?,20?,21?,22?,24-/m0/s1. The van der Waals surface area contributed by atoms with Crippen LogP contribution in [0.5, 0.6) is 0 Å². The summed E-state index contributed by atoms with van der Waals surface area (Å²) in [4.78, 5) is 20.6. The molecule has 4 heterocycles. The molecule has 8 nitrogen and oxygen atoms in total. The van der Waals surface area contributed by atoms with E-state index < -0.39 is 24.0 Å². The average molecular weight is 550 g/mol. The van der Waals surface area contributed by atoms with Crippen molar-refractivity contribution in [3.05, 3.63) is 0 Å². The van der Waals surface area contributed by atoms with E-state index in [2.05, 4.69) is 25.6 Å². The molecule has 0 aromatic heterocycles. The number of hydrazine groups is 1. The fraction of sp³-hybridized carbons (Fsp3) is 0.960. The van der Waals surface area contributed by atoms with E-state index in [-0.39, 0.29) is 24.3 Å². The normalized spacial score (nSPS) is 37.7. The van der Waals surface area contributed by atoms with Gasteiger partial charge in [-0.1, -0.05) is 0 Å². The number of rotatable bonds is 5. The van der Waals surface area contributed by atoms with Crippen LogP contribution in [-0.2, 0) is 4.79 Å². The molecule has 0 radical (unpaired) electrons. The largest absolute Gasteiger partial charge is 0.409 e. The molecule has 0 aromatic rings. The number of alkyl halides is 4. The molecule has 0 spiro atoms. The Morgan fingerprint density at radius 3 is 2.43 bits per heavy atom. The highest BCUT2D eigenvalue weighted by atomic mass is 35.5. The molecule has 0 aromatic carbocycles. The molecule has 212 valence electrons. The fourth-order valence-electron chi connectivity index (χ4n) is 7.49. The van der Waals surface area contributed by atoms with Gasteiger partial charge < -0.3 is 9.80 Å². The summed E-state index contributed by atoms with van der Waals surface area (Å²) in [7, 11) is 3.38. The second kappa shape index (κ2) is 11.4. The minimum absolute atomic E-state index is 0.0580. The lowest BCUT2D eigenvalue weighted by molar-refractivity contribution is -0.202. The Kier molecular flexibility index (Phi) is 8.61. The van der Waals surface area contributed by atoms with Crippen molar-refractivity contribution in [3.63, 3.8) is 0 Å². The first-order valence-corrected chi connectivity index (χ1v) is 14.5. The molecule has 1 saturated carbocycles. The maximum absolute atomic E-state index is 14.3. The molecule has 37 heavy (non-hydrogen) atoms. The first-order valence-electron chi connectivity index (χ1n) is 14.0. The van der Waals surface area contributed by atoms with E-state index in [1.54, 1.807) is 0 Å². The average Bonchev–Trinajstić information content (AvgIpc) is 3.25. The van der Waals surface area contributed by atoms with Gasteiger partial charge >= 0.3 is 6.18 Å². The first-order chi connectivity index (χ1) is 17.6. The van der Waals surface area contributed by atoms with Gasteiger partial charge in [-0.3, -0.25) is 19.9 Å². The summed E-state index contributed by atoms with van der Waals surface area (Å²) in [5.74, 6) is -0.976. The van der Waals surface area contributed by atoms with Crippen LogP contribution in [0.3, 0.4) is 0 Å². The summed E-state index contributed by atoms with van der Waals surface area (Å²) in [6.07, 6.45) is 1.39. The van der Waals surface area contributed by atoms with Crippen LogP contribution < -0.4 is 10.7 Å². The number of hydrogen-bond donors (Lipinski definition) is 2. The Morgan fingerprint density at radius 2 is 1.76 bits per heavy atom. The maximum atomic E-state index is 14.3. The smallest absolute Gasteiger partial charge is 0.332 e. The van der Waals surface area contributed by atoms with Crippen molar-refractivity contribution in [2.24, 2.45) is 5.92 Å². The maximum Gasteiger partial charge on any atom is 0.409 e. The van der Waals surface area contributed by atoms with E-state index in [1.165, 1.54) is 7.05 Å². The third kappa shape index (κ3) is 6.07. The number of piperazine rings is 1. The van der Waals surface area contributed by atoms with Gasteiger partial charge in [-0.25, -0.2) is 10.4 Å². The monoisotopic (exact) mass is 549 g/mol. The highest BCUT2D eigenvalue weighted by molar-refractivity contribution is 6.20. The van der Waals surface area contributed by atoms with Crippen molar-refractivity contribution in [2.45, 2.75) is 87.0 Å². The Balaban J connectivity index is 1.19. The molecule has 0 bridgehead atoms. The van der Waals surface area contributed by atoms with Crippen LogP contribution >= 0.6 is 11.6 Å². The number of fused-ring (bicyclic) bond motifs is 3. The molecule has 1 amide bonds. The molecule has 4 aliphatic heterocycles. The summed E-state index contributed by atoms with van der Waals surface area (Å²) >= 11 is 6.36. The summed E-state index contributed by atoms with van der Waals surface area (Å²) in [5, 5.41) is 5.92. The summed E-state index contributed by atoms with van der Waals surface area (Å²) < 4.78 is 43.0. The molecule has 4 unspecified atom stereocenters. The van der Waals surface area contributed by atoms with Crippen LogP contribution in [0.25, 0.3) is 0 Å². The molecular formula is C25H43ClF3N7O. The Hall–Kier alpha value is -0.690. The number of amides is 1. The van der Waals surface area contributed by atoms with Crippen LogP contribution in [0.15, 0.2) is 0 Å². The zero-order valence-corrected chi connectivity index (χ0v) is 22.9. The van der Waals surface area contributed by atoms with Gasteiger partial charge in [0.05, 0.1) is 18.2 Å². The number of likely N-dealkylation sites (tertiary alicyclic amines) is 1. The molecule has 2 N–H and O–H groups in total. The van der Waals surface area contributed by atoms with Gasteiger partial charge in [-0.15, -0.1) is 11.6 Å². The van der Waals surface area contributed by atoms with Gasteiger partial charge in [0.15, 0.2) is 0 Å². The van der Waals surface area contributed by atoms with Crippen molar-refractivity contribution in [3.8, 4) is 0 Å². The molecule has 1 aliphatic carbocycles. The van der Waals surface area contributed by atoms with Gasteiger partial charge in [0.2, 0.25) is 5.91 Å². The number of likely N-dealkylation sites (N-methyl/N-ethyl adjacent to an activating group) is 2. The zero-order valence-electron chi connectivity index (χ0n) is 22.1. The number of piperidine rings is 1.